The largest absolute Gasteiger partial charge is 0.508 e. The summed E-state index contributed by atoms with van der Waals surface area (Å²) in [6.07, 6.45) is 5.27. The van der Waals surface area contributed by atoms with Crippen molar-refractivity contribution in [3.05, 3.63) is 89.7 Å². The quantitative estimate of drug-likeness (QED) is 0.0610. The van der Waals surface area contributed by atoms with E-state index < -0.39 is 5.91 Å². The highest BCUT2D eigenvalue weighted by molar-refractivity contribution is 6.19. The predicted octanol–water partition coefficient (Wildman–Crippen LogP) is 5.27. The zero-order chi connectivity index (χ0) is 39.2. The minimum atomic E-state index is -0.421. The molecule has 0 bridgehead atoms. The number of anilines is 4. The molecule has 0 radical (unpaired) electrons. The van der Waals surface area contributed by atoms with Gasteiger partial charge in [-0.15, -0.1) is 11.6 Å². The van der Waals surface area contributed by atoms with Gasteiger partial charge in [-0.2, -0.15) is 0 Å². The molecule has 3 aromatic heterocycles. The summed E-state index contributed by atoms with van der Waals surface area (Å²) in [5, 5.41) is 21.9. The van der Waals surface area contributed by atoms with Crippen molar-refractivity contribution in [3.63, 3.8) is 0 Å². The topological polar surface area (TPSA) is 206 Å². The van der Waals surface area contributed by atoms with Crippen molar-refractivity contribution in [2.24, 2.45) is 19.8 Å². The lowest BCUT2D eigenvalue weighted by Gasteiger charge is -2.16. The normalized spacial score (nSPS) is 13.5. The van der Waals surface area contributed by atoms with Gasteiger partial charge in [-0.1, -0.05) is 6.07 Å². The molecule has 1 atom stereocenters. The average molecular weight is 771 g/mol. The maximum atomic E-state index is 13.5. The summed E-state index contributed by atoms with van der Waals surface area (Å²) in [5.74, 6) is -1.25. The Kier molecular flexibility index (Phi) is 11.9. The fraction of sp³-hybridized carbons (Fsp3) is 0.308. The molecule has 5 amide bonds. The number of nitrogens with one attached hydrogen (secondary N) is 4. The highest BCUT2D eigenvalue weighted by atomic mass is 35.5. The lowest BCUT2D eigenvalue weighted by molar-refractivity contribution is -0.117. The highest BCUT2D eigenvalue weighted by Gasteiger charge is 2.34. The van der Waals surface area contributed by atoms with Crippen LogP contribution in [-0.2, 0) is 23.7 Å². The van der Waals surface area contributed by atoms with Crippen LogP contribution in [0.15, 0.2) is 71.4 Å². The van der Waals surface area contributed by atoms with Gasteiger partial charge in [-0.05, 0) is 73.8 Å². The maximum absolute atomic E-state index is 13.5. The minimum absolute atomic E-state index is 0.0441. The first-order valence-electron chi connectivity index (χ1n) is 17.9. The highest BCUT2D eigenvalue weighted by Crippen LogP contribution is 2.40. The molecule has 5 aromatic rings. The van der Waals surface area contributed by atoms with Crippen LogP contribution in [0.2, 0.25) is 0 Å². The molecule has 6 rings (SSSR count). The number of unbranched alkanes of at least 4 members (excludes halogenated alkanes) is 1. The molecule has 0 fully saturated rings. The number of rotatable bonds is 15. The average Bonchev–Trinajstić information content (AvgIpc) is 3.93. The zero-order valence-corrected chi connectivity index (χ0v) is 31.2. The molecule has 0 spiro atoms. The molecule has 2 aromatic carbocycles. The molecule has 288 valence electrons. The second-order valence-corrected chi connectivity index (χ2v) is 13.8. The lowest BCUT2D eigenvalue weighted by Crippen LogP contribution is -2.29. The van der Waals surface area contributed by atoms with Crippen LogP contribution >= 0.6 is 11.6 Å². The molecule has 0 aliphatic carbocycles. The number of fused-ring (bicyclic) bond motifs is 2. The number of aromatic nitrogens is 2. The number of carbonyl (C=O) groups is 5. The standard InChI is InChI=1S/C39H43ClN8O7/c1-46-22-27(17-31(46)37(52)42-13-4-3-12-41)45-38(53)32-16-26(21-47(32)2)44-36(51)7-5-6-35(50)43-25-8-11-33-23(14-25)15-34(55-33)39(54)48-20-24(19-40)29-10-9-28(49)18-30(29)48/h8-11,14-18,21-22,24,49H,3-7,12-13,19-20,41H2,1-2H3,(H,42,52)(H,43,50)(H,44,51)(H,45,53). The van der Waals surface area contributed by atoms with Crippen molar-refractivity contribution in [2.45, 2.75) is 38.0 Å². The minimum Gasteiger partial charge on any atom is -0.508 e. The van der Waals surface area contributed by atoms with Crippen molar-refractivity contribution in [2.75, 3.05) is 46.4 Å². The second-order valence-electron chi connectivity index (χ2n) is 13.5. The van der Waals surface area contributed by atoms with Gasteiger partial charge in [0.15, 0.2) is 5.76 Å². The number of benzene rings is 2. The number of phenolic OH excluding ortho intramolecular Hbond substituents is 1. The number of phenols is 1. The Morgan fingerprint density at radius 3 is 2.18 bits per heavy atom. The molecular formula is C39H43ClN8O7. The van der Waals surface area contributed by atoms with Gasteiger partial charge in [0.1, 0.15) is 22.7 Å². The van der Waals surface area contributed by atoms with E-state index in [0.717, 1.165) is 18.4 Å². The van der Waals surface area contributed by atoms with Crippen molar-refractivity contribution in [3.8, 4) is 5.75 Å². The summed E-state index contributed by atoms with van der Waals surface area (Å²) in [4.78, 5) is 66.0. The number of hydrogen-bond donors (Lipinski definition) is 6. The molecule has 15 nitrogen and oxygen atoms in total. The number of aryl methyl sites for hydroxylation is 2. The number of nitrogens with zero attached hydrogens (tertiary/aromatic N) is 3. The van der Waals surface area contributed by atoms with E-state index in [0.29, 0.717) is 70.6 Å². The van der Waals surface area contributed by atoms with E-state index in [4.69, 9.17) is 21.8 Å². The van der Waals surface area contributed by atoms with Gasteiger partial charge < -0.3 is 50.6 Å². The molecule has 1 unspecified atom stereocenters. The van der Waals surface area contributed by atoms with Crippen molar-refractivity contribution in [1.29, 1.82) is 0 Å². The monoisotopic (exact) mass is 770 g/mol. The Bertz CT molecular complexity index is 2260. The third-order valence-electron chi connectivity index (χ3n) is 9.33. The summed E-state index contributed by atoms with van der Waals surface area (Å²) in [7, 11) is 3.39. The molecule has 1 aliphatic rings. The van der Waals surface area contributed by atoms with Gasteiger partial charge in [0.05, 0.1) is 17.1 Å². The maximum Gasteiger partial charge on any atom is 0.294 e. The van der Waals surface area contributed by atoms with Gasteiger partial charge in [0.25, 0.3) is 17.7 Å². The summed E-state index contributed by atoms with van der Waals surface area (Å²) in [6.45, 7) is 1.42. The fourth-order valence-electron chi connectivity index (χ4n) is 6.54. The van der Waals surface area contributed by atoms with Crippen LogP contribution < -0.4 is 31.9 Å². The SMILES string of the molecule is Cn1cc(NC(=O)c2cc(NC(=O)CCCC(=O)Nc3ccc4oc(C(=O)N5CC(CCl)c6ccc(O)cc65)cc4c3)cn2C)cc1C(=O)NCCCCN. The summed E-state index contributed by atoms with van der Waals surface area (Å²) in [5.41, 5.74) is 9.49. The second kappa shape index (κ2) is 17.0. The number of halogens is 1. The van der Waals surface area contributed by atoms with Gasteiger partial charge >= 0.3 is 0 Å². The van der Waals surface area contributed by atoms with Crippen molar-refractivity contribution >= 4 is 74.9 Å². The van der Waals surface area contributed by atoms with Crippen LogP contribution in [0.5, 0.6) is 5.75 Å². The zero-order valence-electron chi connectivity index (χ0n) is 30.5. The van der Waals surface area contributed by atoms with Crippen LogP contribution in [0.3, 0.4) is 0 Å². The molecule has 55 heavy (non-hydrogen) atoms. The predicted molar refractivity (Wildman–Crippen MR) is 210 cm³/mol. The van der Waals surface area contributed by atoms with E-state index in [-0.39, 0.29) is 60.3 Å². The van der Waals surface area contributed by atoms with Gasteiger partial charge in [0.2, 0.25) is 11.8 Å². The van der Waals surface area contributed by atoms with E-state index in [1.165, 1.54) is 0 Å². The molecular weight excluding hydrogens is 728 g/mol. The van der Waals surface area contributed by atoms with Gasteiger partial charge in [-0.3, -0.25) is 24.0 Å². The van der Waals surface area contributed by atoms with Crippen LogP contribution in [-0.4, -0.2) is 69.3 Å². The van der Waals surface area contributed by atoms with E-state index >= 15 is 0 Å². The molecule has 7 N–H and O–H groups in total. The molecule has 0 saturated carbocycles. The summed E-state index contributed by atoms with van der Waals surface area (Å²) >= 11 is 6.15. The first-order chi connectivity index (χ1) is 26.4. The molecule has 0 saturated heterocycles. The number of furan rings is 1. The Morgan fingerprint density at radius 2 is 1.49 bits per heavy atom. The first kappa shape index (κ1) is 38.7. The number of alkyl halides is 1. The lowest BCUT2D eigenvalue weighted by atomic mass is 10.0. The van der Waals surface area contributed by atoms with Crippen molar-refractivity contribution in [1.82, 2.24) is 14.5 Å². The number of aromatic hydroxyl groups is 1. The number of nitrogens with two attached hydrogens (primary N) is 1. The van der Waals surface area contributed by atoms with Crippen molar-refractivity contribution < 1.29 is 33.5 Å². The summed E-state index contributed by atoms with van der Waals surface area (Å²) in [6, 6.07) is 14.7. The van der Waals surface area contributed by atoms with Crippen LogP contribution in [0.4, 0.5) is 22.7 Å². The third kappa shape index (κ3) is 9.01. The number of hydrogen-bond acceptors (Lipinski definition) is 8. The Morgan fingerprint density at radius 1 is 0.818 bits per heavy atom. The summed E-state index contributed by atoms with van der Waals surface area (Å²) < 4.78 is 9.06. The number of amides is 5. The Labute approximate surface area is 321 Å². The first-order valence-corrected chi connectivity index (χ1v) is 18.4. The van der Waals surface area contributed by atoms with E-state index in [2.05, 4.69) is 21.3 Å². The molecule has 1 aliphatic heterocycles. The smallest absolute Gasteiger partial charge is 0.294 e. The van der Waals surface area contributed by atoms with E-state index in [1.807, 2.05) is 0 Å². The van der Waals surface area contributed by atoms with Gasteiger partial charge in [0, 0.05) is 81.4 Å². The van der Waals surface area contributed by atoms with E-state index in [1.54, 1.807) is 95.1 Å². The molecule has 16 heteroatoms. The van der Waals surface area contributed by atoms with E-state index in [9.17, 15) is 29.1 Å². The number of carbonyl (C=O) groups excluding carboxylic acids is 5. The Balaban J connectivity index is 0.969. The molecule has 4 heterocycles. The van der Waals surface area contributed by atoms with Crippen LogP contribution in [0, 0.1) is 0 Å². The fourth-order valence-corrected chi connectivity index (χ4v) is 6.81. The van der Waals surface area contributed by atoms with Crippen LogP contribution in [0.1, 0.15) is 75.1 Å². The Hall–Kier alpha value is -6.06. The van der Waals surface area contributed by atoms with Crippen LogP contribution in [0.25, 0.3) is 11.0 Å². The van der Waals surface area contributed by atoms with Gasteiger partial charge in [-0.25, -0.2) is 0 Å². The third-order valence-corrected chi connectivity index (χ3v) is 9.70.